The van der Waals surface area contributed by atoms with E-state index >= 15 is 0 Å². The monoisotopic (exact) mass is 307 g/mol. The lowest BCUT2D eigenvalue weighted by atomic mass is 9.82. The van der Waals surface area contributed by atoms with Crippen molar-refractivity contribution in [2.24, 2.45) is 11.3 Å². The predicted molar refractivity (Wildman–Crippen MR) is 90.9 cm³/mol. The second kappa shape index (κ2) is 6.41. The zero-order chi connectivity index (χ0) is 15.6. The van der Waals surface area contributed by atoms with Gasteiger partial charge in [0, 0.05) is 5.39 Å². The van der Waals surface area contributed by atoms with E-state index in [1.807, 2.05) is 25.2 Å². The number of fused-ring (bicyclic) bond motifs is 1. The number of nitrogens with one attached hydrogen (secondary N) is 1. The molecule has 2 rings (SSSR count). The number of benzene rings is 1. The summed E-state index contributed by atoms with van der Waals surface area (Å²) in [6.07, 6.45) is 2.26. The zero-order valence-corrected chi connectivity index (χ0v) is 14.4. The first kappa shape index (κ1) is 16.4. The average molecular weight is 308 g/mol. The van der Waals surface area contributed by atoms with E-state index in [-0.39, 0.29) is 6.04 Å². The smallest absolute Gasteiger partial charge is 0.152 e. The second-order valence-electron chi connectivity index (χ2n) is 7.25. The number of hydrogen-bond acceptors (Lipinski definition) is 2. The Balaban J connectivity index is 2.18. The Kier molecular flexibility index (Phi) is 5.00. The van der Waals surface area contributed by atoms with Crippen LogP contribution in [0.15, 0.2) is 28.7 Å². The van der Waals surface area contributed by atoms with Crippen LogP contribution < -0.4 is 5.32 Å². The Bertz CT molecular complexity index is 597. The van der Waals surface area contributed by atoms with Gasteiger partial charge in [-0.15, -0.1) is 0 Å². The molecule has 116 valence electrons. The van der Waals surface area contributed by atoms with E-state index < -0.39 is 0 Å². The van der Waals surface area contributed by atoms with Crippen molar-refractivity contribution in [2.75, 3.05) is 7.05 Å². The first-order valence-corrected chi connectivity index (χ1v) is 8.03. The van der Waals surface area contributed by atoms with Crippen molar-refractivity contribution in [1.29, 1.82) is 0 Å². The lowest BCUT2D eigenvalue weighted by molar-refractivity contribution is 0.270. The highest BCUT2D eigenvalue weighted by molar-refractivity contribution is 6.34. The molecule has 0 saturated heterocycles. The maximum absolute atomic E-state index is 6.20. The van der Waals surface area contributed by atoms with Crippen molar-refractivity contribution in [3.63, 3.8) is 0 Å². The summed E-state index contributed by atoms with van der Waals surface area (Å²) in [5.41, 5.74) is 1.15. The molecular formula is C18H26ClNO. The van der Waals surface area contributed by atoms with E-state index in [1.165, 1.54) is 6.42 Å². The Morgan fingerprint density at radius 1 is 1.29 bits per heavy atom. The van der Waals surface area contributed by atoms with Crippen LogP contribution in [0.2, 0.25) is 5.02 Å². The van der Waals surface area contributed by atoms with Gasteiger partial charge in [-0.25, -0.2) is 0 Å². The fourth-order valence-corrected chi connectivity index (χ4v) is 3.35. The van der Waals surface area contributed by atoms with Gasteiger partial charge in [0.05, 0.1) is 11.1 Å². The number of hydrogen-bond donors (Lipinski definition) is 1. The van der Waals surface area contributed by atoms with Crippen molar-refractivity contribution in [3.05, 3.63) is 35.0 Å². The molecular weight excluding hydrogens is 282 g/mol. The van der Waals surface area contributed by atoms with Gasteiger partial charge in [-0.2, -0.15) is 0 Å². The highest BCUT2D eigenvalue weighted by atomic mass is 35.5. The number of halogens is 1. The van der Waals surface area contributed by atoms with Gasteiger partial charge in [0.2, 0.25) is 0 Å². The highest BCUT2D eigenvalue weighted by Gasteiger charge is 2.22. The quantitative estimate of drug-likeness (QED) is 0.754. The van der Waals surface area contributed by atoms with Gasteiger partial charge in [-0.05, 0) is 43.4 Å². The second-order valence-corrected chi connectivity index (χ2v) is 7.66. The third-order valence-electron chi connectivity index (χ3n) is 3.81. The van der Waals surface area contributed by atoms with Crippen LogP contribution in [0.1, 0.15) is 52.3 Å². The van der Waals surface area contributed by atoms with Gasteiger partial charge in [0.15, 0.2) is 5.58 Å². The summed E-state index contributed by atoms with van der Waals surface area (Å²) >= 11 is 6.20. The summed E-state index contributed by atoms with van der Waals surface area (Å²) in [7, 11) is 1.99. The van der Waals surface area contributed by atoms with Gasteiger partial charge in [0.1, 0.15) is 5.76 Å². The summed E-state index contributed by atoms with van der Waals surface area (Å²) in [5, 5.41) is 5.13. The molecule has 3 heteroatoms. The molecule has 0 aliphatic rings. The van der Waals surface area contributed by atoms with Crippen LogP contribution in [0, 0.1) is 11.3 Å². The summed E-state index contributed by atoms with van der Waals surface area (Å²) < 4.78 is 5.99. The maximum atomic E-state index is 6.20. The molecule has 0 bridgehead atoms. The lowest BCUT2D eigenvalue weighted by Gasteiger charge is -2.25. The van der Waals surface area contributed by atoms with Crippen LogP contribution in [0.5, 0.6) is 0 Å². The molecule has 0 saturated carbocycles. The summed E-state index contributed by atoms with van der Waals surface area (Å²) in [6.45, 7) is 9.18. The molecule has 2 aromatic rings. The molecule has 0 radical (unpaired) electrons. The molecule has 1 N–H and O–H groups in total. The number of para-hydroxylation sites is 1. The van der Waals surface area contributed by atoms with Gasteiger partial charge in [-0.1, -0.05) is 51.4 Å². The van der Waals surface area contributed by atoms with Crippen molar-refractivity contribution >= 4 is 22.6 Å². The Labute approximate surface area is 132 Å². The largest absolute Gasteiger partial charge is 0.458 e. The standard InChI is InChI=1S/C18H26ClNO/c1-12(11-18(2,3)4)9-15(20-5)16-10-13-7-6-8-14(19)17(13)21-16/h6-8,10,12,15,20H,9,11H2,1-5H3. The molecule has 0 aliphatic heterocycles. The maximum Gasteiger partial charge on any atom is 0.152 e. The lowest BCUT2D eigenvalue weighted by Crippen LogP contribution is -2.21. The van der Waals surface area contributed by atoms with Gasteiger partial charge < -0.3 is 9.73 Å². The Hall–Kier alpha value is -0.990. The summed E-state index contributed by atoms with van der Waals surface area (Å²) in [6, 6.07) is 8.20. The van der Waals surface area contributed by atoms with Gasteiger partial charge in [0.25, 0.3) is 0 Å². The molecule has 2 nitrogen and oxygen atoms in total. The van der Waals surface area contributed by atoms with E-state index in [1.54, 1.807) is 0 Å². The number of furan rings is 1. The third kappa shape index (κ3) is 4.24. The minimum Gasteiger partial charge on any atom is -0.458 e. The molecule has 1 aromatic carbocycles. The predicted octanol–water partition coefficient (Wildman–Crippen LogP) is 5.81. The van der Waals surface area contributed by atoms with Crippen LogP contribution in [-0.4, -0.2) is 7.05 Å². The third-order valence-corrected chi connectivity index (χ3v) is 4.10. The van der Waals surface area contributed by atoms with Gasteiger partial charge >= 0.3 is 0 Å². The Morgan fingerprint density at radius 3 is 2.57 bits per heavy atom. The minimum atomic E-state index is 0.228. The van der Waals surface area contributed by atoms with Crippen molar-refractivity contribution in [1.82, 2.24) is 5.32 Å². The van der Waals surface area contributed by atoms with Crippen LogP contribution in [-0.2, 0) is 0 Å². The van der Waals surface area contributed by atoms with E-state index in [9.17, 15) is 0 Å². The van der Waals surface area contributed by atoms with Crippen LogP contribution >= 0.6 is 11.6 Å². The van der Waals surface area contributed by atoms with Crippen molar-refractivity contribution < 1.29 is 4.42 Å². The summed E-state index contributed by atoms with van der Waals surface area (Å²) in [5.74, 6) is 1.60. The molecule has 0 spiro atoms. The zero-order valence-electron chi connectivity index (χ0n) is 13.7. The molecule has 2 unspecified atom stereocenters. The van der Waals surface area contributed by atoms with Crippen LogP contribution in [0.4, 0.5) is 0 Å². The highest BCUT2D eigenvalue weighted by Crippen LogP contribution is 2.34. The van der Waals surface area contributed by atoms with Crippen LogP contribution in [0.25, 0.3) is 11.0 Å². The Morgan fingerprint density at radius 2 is 2.00 bits per heavy atom. The topological polar surface area (TPSA) is 25.2 Å². The van der Waals surface area contributed by atoms with E-state index in [0.29, 0.717) is 16.4 Å². The number of rotatable bonds is 5. The average Bonchev–Trinajstić information content (AvgIpc) is 2.79. The van der Waals surface area contributed by atoms with Gasteiger partial charge in [-0.3, -0.25) is 0 Å². The molecule has 0 amide bonds. The van der Waals surface area contributed by atoms with E-state index in [2.05, 4.69) is 39.1 Å². The molecule has 1 aromatic heterocycles. The molecule has 2 atom stereocenters. The molecule has 0 aliphatic carbocycles. The van der Waals surface area contributed by atoms with Crippen LogP contribution in [0.3, 0.4) is 0 Å². The SMILES string of the molecule is CNC(CC(C)CC(C)(C)C)c1cc2cccc(Cl)c2o1. The first-order chi connectivity index (χ1) is 9.80. The summed E-state index contributed by atoms with van der Waals surface area (Å²) in [4.78, 5) is 0. The fraction of sp³-hybridized carbons (Fsp3) is 0.556. The fourth-order valence-electron chi connectivity index (χ4n) is 3.13. The molecule has 0 fully saturated rings. The van der Waals surface area contributed by atoms with Crippen molar-refractivity contribution in [3.8, 4) is 0 Å². The normalized spacial score (nSPS) is 15.3. The molecule has 21 heavy (non-hydrogen) atoms. The first-order valence-electron chi connectivity index (χ1n) is 7.65. The molecule has 1 heterocycles. The van der Waals surface area contributed by atoms with E-state index in [4.69, 9.17) is 16.0 Å². The van der Waals surface area contributed by atoms with Crippen molar-refractivity contribution in [2.45, 2.75) is 46.6 Å². The van der Waals surface area contributed by atoms with E-state index in [0.717, 1.165) is 23.2 Å². The minimum absolute atomic E-state index is 0.228.